The van der Waals surface area contributed by atoms with Crippen molar-refractivity contribution in [3.63, 3.8) is 0 Å². The van der Waals surface area contributed by atoms with E-state index in [-0.39, 0.29) is 12.3 Å². The van der Waals surface area contributed by atoms with Crippen molar-refractivity contribution in [2.45, 2.75) is 38.8 Å². The average molecular weight is 588 g/mol. The number of carbonyl (C=O) groups excluding carboxylic acids is 4. The minimum atomic E-state index is -1.72. The molecule has 4 N–H and O–H groups in total. The molecule has 0 aliphatic rings. The van der Waals surface area contributed by atoms with Crippen molar-refractivity contribution in [2.24, 2.45) is 5.92 Å². The highest BCUT2D eigenvalue weighted by Gasteiger charge is 2.31. The molecule has 0 fully saturated rings. The Hall–Kier alpha value is -4.94. The Balaban J connectivity index is 1.70. The van der Waals surface area contributed by atoms with Crippen molar-refractivity contribution >= 4 is 45.9 Å². The quantitative estimate of drug-likeness (QED) is 0.237. The van der Waals surface area contributed by atoms with Crippen molar-refractivity contribution < 1.29 is 47.0 Å². The van der Waals surface area contributed by atoms with Crippen LogP contribution in [0, 0.1) is 23.4 Å². The minimum Gasteiger partial charge on any atom is -0.481 e. The van der Waals surface area contributed by atoms with Crippen molar-refractivity contribution in [1.82, 2.24) is 10.6 Å². The molecule has 3 aromatic rings. The number of carboxylic acids is 1. The van der Waals surface area contributed by atoms with Gasteiger partial charge in [-0.05, 0) is 23.8 Å². The fourth-order valence-electron chi connectivity index (χ4n) is 4.04. The number of nitrogens with one attached hydrogen (secondary N) is 3. The predicted molar refractivity (Wildman–Crippen MR) is 145 cm³/mol. The number of anilines is 1. The molecule has 42 heavy (non-hydrogen) atoms. The van der Waals surface area contributed by atoms with Gasteiger partial charge in [-0.25, -0.2) is 13.2 Å². The molecule has 0 unspecified atom stereocenters. The van der Waals surface area contributed by atoms with E-state index < -0.39 is 77.8 Å². The Kier molecular flexibility index (Phi) is 10.6. The number of ether oxygens (including phenoxy) is 1. The number of ketones is 1. The third-order valence-corrected chi connectivity index (χ3v) is 5.98. The topological polar surface area (TPSA) is 151 Å². The molecule has 13 heteroatoms. The molecule has 0 aromatic heterocycles. The number of carboxylic acid groups (broad SMARTS) is 1. The van der Waals surface area contributed by atoms with Crippen LogP contribution in [-0.4, -0.2) is 53.3 Å². The summed E-state index contributed by atoms with van der Waals surface area (Å²) in [5.41, 5.74) is 0.360. The van der Waals surface area contributed by atoms with E-state index in [1.165, 1.54) is 0 Å². The maximum atomic E-state index is 13.9. The van der Waals surface area contributed by atoms with Gasteiger partial charge in [-0.3, -0.25) is 24.0 Å². The van der Waals surface area contributed by atoms with Crippen LogP contribution in [0.25, 0.3) is 10.8 Å². The highest BCUT2D eigenvalue weighted by Crippen LogP contribution is 2.24. The number of hydrogen-bond acceptors (Lipinski definition) is 6. The van der Waals surface area contributed by atoms with Crippen LogP contribution in [0.15, 0.2) is 54.6 Å². The summed E-state index contributed by atoms with van der Waals surface area (Å²) < 4.78 is 45.7. The highest BCUT2D eigenvalue weighted by molar-refractivity contribution is 6.40. The average Bonchev–Trinajstić information content (AvgIpc) is 2.91. The number of fused-ring (bicyclic) bond motifs is 1. The van der Waals surface area contributed by atoms with E-state index in [1.807, 2.05) is 18.2 Å². The van der Waals surface area contributed by atoms with Gasteiger partial charge >= 0.3 is 17.8 Å². The first-order valence-corrected chi connectivity index (χ1v) is 12.8. The zero-order valence-corrected chi connectivity index (χ0v) is 22.6. The predicted octanol–water partition coefficient (Wildman–Crippen LogP) is 3.33. The number of hydrogen-bond donors (Lipinski definition) is 4. The smallest absolute Gasteiger partial charge is 0.313 e. The number of rotatable bonds is 12. The molecule has 2 atom stereocenters. The summed E-state index contributed by atoms with van der Waals surface area (Å²) in [6.45, 7) is 2.39. The highest BCUT2D eigenvalue weighted by atomic mass is 19.1. The Morgan fingerprint density at radius 2 is 1.50 bits per heavy atom. The second kappa shape index (κ2) is 14.1. The fraction of sp³-hybridized carbons (Fsp3) is 0.276. The van der Waals surface area contributed by atoms with Crippen LogP contribution in [0.5, 0.6) is 5.75 Å². The van der Waals surface area contributed by atoms with Gasteiger partial charge in [-0.2, -0.15) is 0 Å². The van der Waals surface area contributed by atoms with Gasteiger partial charge in [-0.1, -0.05) is 50.2 Å². The molecule has 10 nitrogen and oxygen atoms in total. The lowest BCUT2D eigenvalue weighted by molar-refractivity contribution is -0.141. The molecule has 0 saturated heterocycles. The third kappa shape index (κ3) is 8.53. The van der Waals surface area contributed by atoms with Crippen molar-refractivity contribution in [3.05, 3.63) is 72.0 Å². The molecule has 3 amide bonds. The molecule has 0 heterocycles. The van der Waals surface area contributed by atoms with Gasteiger partial charge in [0.25, 0.3) is 0 Å². The van der Waals surface area contributed by atoms with Crippen LogP contribution in [0.1, 0.15) is 26.7 Å². The van der Waals surface area contributed by atoms with E-state index in [1.54, 1.807) is 38.1 Å². The summed E-state index contributed by atoms with van der Waals surface area (Å²) in [5.74, 6) is -11.1. The van der Waals surface area contributed by atoms with Crippen LogP contribution in [-0.2, 0) is 24.0 Å². The molecule has 3 aromatic carbocycles. The van der Waals surface area contributed by atoms with Gasteiger partial charge in [0.1, 0.15) is 24.5 Å². The summed E-state index contributed by atoms with van der Waals surface area (Å²) in [4.78, 5) is 62.6. The molecule has 0 aliphatic heterocycles. The first kappa shape index (κ1) is 31.6. The first-order valence-electron chi connectivity index (χ1n) is 12.8. The van der Waals surface area contributed by atoms with Crippen molar-refractivity contribution in [1.29, 1.82) is 0 Å². The summed E-state index contributed by atoms with van der Waals surface area (Å²) in [6.07, 6.45) is -0.915. The van der Waals surface area contributed by atoms with E-state index in [4.69, 9.17) is 4.74 Å². The Morgan fingerprint density at radius 1 is 0.857 bits per heavy atom. The van der Waals surface area contributed by atoms with Crippen LogP contribution in [0.4, 0.5) is 18.9 Å². The van der Waals surface area contributed by atoms with Gasteiger partial charge in [-0.15, -0.1) is 0 Å². The van der Waals surface area contributed by atoms with Gasteiger partial charge < -0.3 is 25.8 Å². The zero-order valence-electron chi connectivity index (χ0n) is 22.6. The van der Waals surface area contributed by atoms with Crippen LogP contribution >= 0.6 is 0 Å². The summed E-state index contributed by atoms with van der Waals surface area (Å²) in [7, 11) is 0. The standard InChI is InChI=1S/C29H28F3N3O7/c1-15(2)10-23(35-29(41)28(40)33-21-9-5-7-16-6-3-4-8-18(16)21)27(39)34-22(13-25(37)38)24(36)14-42-26-19(31)11-17(30)12-20(26)32/h3-9,11-12,15,22-23H,10,13-14H2,1-2H3,(H,33,40)(H,34,39)(H,35,41)(H,37,38)/t22-,23-/m0/s1. The van der Waals surface area contributed by atoms with E-state index in [2.05, 4.69) is 16.0 Å². The second-order valence-electron chi connectivity index (χ2n) is 9.75. The minimum absolute atomic E-state index is 0.00953. The third-order valence-electron chi connectivity index (χ3n) is 5.98. The van der Waals surface area contributed by atoms with Gasteiger partial charge in [0.15, 0.2) is 23.2 Å². The lowest BCUT2D eigenvalue weighted by atomic mass is 10.0. The van der Waals surface area contributed by atoms with Crippen molar-refractivity contribution in [2.75, 3.05) is 11.9 Å². The Bertz CT molecular complexity index is 1480. The maximum absolute atomic E-state index is 13.9. The van der Waals surface area contributed by atoms with E-state index >= 15 is 0 Å². The molecule has 0 bridgehead atoms. The first-order chi connectivity index (χ1) is 19.8. The molecule has 0 spiro atoms. The van der Waals surface area contributed by atoms with Gasteiger partial charge in [0.05, 0.1) is 6.42 Å². The molecular formula is C29H28F3N3O7. The Morgan fingerprint density at radius 3 is 2.14 bits per heavy atom. The SMILES string of the molecule is CC(C)C[C@H](NC(=O)C(=O)Nc1cccc2ccccc12)C(=O)N[C@@H](CC(=O)O)C(=O)COc1c(F)cc(F)cc1F. The molecule has 3 rings (SSSR count). The zero-order chi connectivity index (χ0) is 31.0. The number of halogens is 3. The largest absolute Gasteiger partial charge is 0.481 e. The molecule has 0 radical (unpaired) electrons. The number of amides is 3. The second-order valence-corrected chi connectivity index (χ2v) is 9.75. The number of aliphatic carboxylic acids is 1. The lowest BCUT2D eigenvalue weighted by Gasteiger charge is -2.23. The van der Waals surface area contributed by atoms with Gasteiger partial charge in [0, 0.05) is 23.2 Å². The van der Waals surface area contributed by atoms with E-state index in [0.717, 1.165) is 5.39 Å². The summed E-state index contributed by atoms with van der Waals surface area (Å²) >= 11 is 0. The summed E-state index contributed by atoms with van der Waals surface area (Å²) in [6, 6.07) is 9.82. The Labute approximate surface area is 238 Å². The van der Waals surface area contributed by atoms with Crippen LogP contribution in [0.2, 0.25) is 0 Å². The lowest BCUT2D eigenvalue weighted by Crippen LogP contribution is -2.54. The van der Waals surface area contributed by atoms with Crippen LogP contribution in [0.3, 0.4) is 0 Å². The normalized spacial score (nSPS) is 12.3. The number of benzene rings is 3. The molecule has 0 aliphatic carbocycles. The van der Waals surface area contributed by atoms with E-state index in [9.17, 15) is 42.3 Å². The van der Waals surface area contributed by atoms with Crippen molar-refractivity contribution in [3.8, 4) is 5.75 Å². The summed E-state index contributed by atoms with van der Waals surface area (Å²) in [5, 5.41) is 17.7. The molecule has 222 valence electrons. The maximum Gasteiger partial charge on any atom is 0.313 e. The molecule has 0 saturated carbocycles. The number of carbonyl (C=O) groups is 5. The van der Waals surface area contributed by atoms with Crippen LogP contribution < -0.4 is 20.7 Å². The van der Waals surface area contributed by atoms with Gasteiger partial charge in [0.2, 0.25) is 5.91 Å². The monoisotopic (exact) mass is 587 g/mol. The fourth-order valence-corrected chi connectivity index (χ4v) is 4.04. The molecular weight excluding hydrogens is 559 g/mol. The number of Topliss-reactive ketones (excluding diaryl/α,β-unsaturated/α-hetero) is 1. The van der Waals surface area contributed by atoms with E-state index in [0.29, 0.717) is 23.2 Å².